The van der Waals surface area contributed by atoms with Crippen LogP contribution in [0.3, 0.4) is 0 Å². The molecule has 1 amide bonds. The smallest absolute Gasteiger partial charge is 0.259 e. The van der Waals surface area contributed by atoms with Crippen LogP contribution in [0.4, 0.5) is 11.5 Å². The molecule has 7 nitrogen and oxygen atoms in total. The zero-order chi connectivity index (χ0) is 16.5. The molecule has 0 spiro atoms. The average Bonchev–Trinajstić information content (AvgIpc) is 3.12. The third kappa shape index (κ3) is 2.40. The van der Waals surface area contributed by atoms with Gasteiger partial charge in [-0.05, 0) is 24.3 Å². The molecule has 4 rings (SSSR count). The van der Waals surface area contributed by atoms with E-state index in [0.29, 0.717) is 30.4 Å². The van der Waals surface area contributed by atoms with Gasteiger partial charge in [-0.3, -0.25) is 20.0 Å². The quantitative estimate of drug-likeness (QED) is 0.881. The second-order valence-electron chi connectivity index (χ2n) is 5.45. The summed E-state index contributed by atoms with van der Waals surface area (Å²) in [6.07, 6.45) is 1.54. The topological polar surface area (TPSA) is 82.0 Å². The molecule has 0 unspecified atom stereocenters. The van der Waals surface area contributed by atoms with Crippen LogP contribution in [0.25, 0.3) is 0 Å². The minimum atomic E-state index is -0.241. The number of guanidine groups is 1. The monoisotopic (exact) mass is 320 g/mol. The Morgan fingerprint density at radius 3 is 2.88 bits per heavy atom. The predicted octanol–water partition coefficient (Wildman–Crippen LogP) is 1.62. The molecule has 2 N–H and O–H groups in total. The zero-order valence-corrected chi connectivity index (χ0v) is 13.2. The number of hydrogen-bond donors (Lipinski definition) is 2. The largest absolute Gasteiger partial charge is 0.373 e. The van der Waals surface area contributed by atoms with Gasteiger partial charge in [-0.15, -0.1) is 0 Å². The second kappa shape index (κ2) is 5.77. The molecule has 24 heavy (non-hydrogen) atoms. The molecule has 2 aliphatic rings. The molecule has 0 radical (unpaired) electrons. The van der Waals surface area contributed by atoms with Gasteiger partial charge in [-0.25, -0.2) is 9.98 Å². The van der Waals surface area contributed by atoms with Gasteiger partial charge in [-0.2, -0.15) is 0 Å². The summed E-state index contributed by atoms with van der Waals surface area (Å²) < 4.78 is 0. The molecule has 0 saturated carbocycles. The van der Waals surface area contributed by atoms with Crippen molar-refractivity contribution in [1.29, 1.82) is 0 Å². The van der Waals surface area contributed by atoms with E-state index in [-0.39, 0.29) is 5.91 Å². The lowest BCUT2D eigenvalue weighted by Gasteiger charge is -2.27. The van der Waals surface area contributed by atoms with E-state index < -0.39 is 0 Å². The number of anilines is 1. The molecular formula is C17H16N6O. The Labute approximate surface area is 139 Å². The van der Waals surface area contributed by atoms with Gasteiger partial charge >= 0.3 is 0 Å². The Hall–Kier alpha value is -3.22. The summed E-state index contributed by atoms with van der Waals surface area (Å²) in [5.74, 6) is 1.84. The average molecular weight is 320 g/mol. The molecule has 0 atom stereocenters. The van der Waals surface area contributed by atoms with Gasteiger partial charge in [0.1, 0.15) is 11.7 Å². The summed E-state index contributed by atoms with van der Waals surface area (Å²) in [4.78, 5) is 27.7. The fourth-order valence-corrected chi connectivity index (χ4v) is 2.76. The number of amidine groups is 1. The van der Waals surface area contributed by atoms with E-state index in [2.05, 4.69) is 25.6 Å². The minimum Gasteiger partial charge on any atom is -0.373 e. The minimum absolute atomic E-state index is 0.241. The number of amides is 1. The summed E-state index contributed by atoms with van der Waals surface area (Å²) in [6.45, 7) is 1.40. The van der Waals surface area contributed by atoms with Crippen molar-refractivity contribution in [3.05, 3.63) is 53.7 Å². The number of aliphatic imine (C=N–C) groups is 2. The number of aromatic nitrogens is 1. The zero-order valence-electron chi connectivity index (χ0n) is 13.2. The Balaban J connectivity index is 1.63. The summed E-state index contributed by atoms with van der Waals surface area (Å²) in [6, 6.07) is 11.3. The van der Waals surface area contributed by atoms with E-state index in [4.69, 9.17) is 0 Å². The van der Waals surface area contributed by atoms with E-state index >= 15 is 0 Å². The second-order valence-corrected chi connectivity index (χ2v) is 5.45. The van der Waals surface area contributed by atoms with E-state index in [0.717, 1.165) is 17.1 Å². The number of benzene rings is 1. The molecular weight excluding hydrogens is 304 g/mol. The van der Waals surface area contributed by atoms with Crippen molar-refractivity contribution in [1.82, 2.24) is 15.2 Å². The third-order valence-electron chi connectivity index (χ3n) is 3.97. The highest BCUT2D eigenvalue weighted by Crippen LogP contribution is 2.27. The number of nitrogens with one attached hydrogen (secondary N) is 2. The highest BCUT2D eigenvalue weighted by molar-refractivity contribution is 6.19. The lowest BCUT2D eigenvalue weighted by Crippen LogP contribution is -2.47. The van der Waals surface area contributed by atoms with Crippen LogP contribution in [0, 0.1) is 0 Å². The van der Waals surface area contributed by atoms with Gasteiger partial charge in [0.25, 0.3) is 5.91 Å². The van der Waals surface area contributed by atoms with Crippen molar-refractivity contribution in [2.24, 2.45) is 9.98 Å². The first-order chi connectivity index (χ1) is 11.8. The van der Waals surface area contributed by atoms with Gasteiger partial charge < -0.3 is 5.32 Å². The van der Waals surface area contributed by atoms with E-state index in [1.165, 1.54) is 6.20 Å². The first-order valence-corrected chi connectivity index (χ1v) is 7.71. The van der Waals surface area contributed by atoms with Crippen molar-refractivity contribution >= 4 is 29.2 Å². The molecule has 0 saturated heterocycles. The highest BCUT2D eigenvalue weighted by atomic mass is 16.1. The number of carbonyl (C=O) groups excluding carboxylic acids is 1. The number of fused-ring (bicyclic) bond motifs is 3. The van der Waals surface area contributed by atoms with Crippen LogP contribution in [-0.4, -0.2) is 47.7 Å². The first-order valence-electron chi connectivity index (χ1n) is 7.71. The molecule has 0 aliphatic carbocycles. The number of nitrogens with zero attached hydrogens (tertiary/aromatic N) is 4. The molecule has 7 heteroatoms. The Kier molecular flexibility index (Phi) is 3.45. The van der Waals surface area contributed by atoms with Crippen LogP contribution in [0.1, 0.15) is 15.9 Å². The fraction of sp³-hybridized carbons (Fsp3) is 0.176. The third-order valence-corrected chi connectivity index (χ3v) is 3.97. The van der Waals surface area contributed by atoms with Crippen LogP contribution in [0.15, 0.2) is 52.6 Å². The number of rotatable bonds is 2. The van der Waals surface area contributed by atoms with E-state index in [9.17, 15) is 4.79 Å². The van der Waals surface area contributed by atoms with E-state index in [1.54, 1.807) is 19.2 Å². The van der Waals surface area contributed by atoms with Crippen molar-refractivity contribution in [2.75, 3.05) is 25.5 Å². The summed E-state index contributed by atoms with van der Waals surface area (Å²) in [5.41, 5.74) is 2.29. The maximum Gasteiger partial charge on any atom is 0.259 e. The highest BCUT2D eigenvalue weighted by Gasteiger charge is 2.30. The molecule has 3 heterocycles. The van der Waals surface area contributed by atoms with Gasteiger partial charge in [-0.1, -0.05) is 12.1 Å². The number of carbonyl (C=O) groups is 1. The van der Waals surface area contributed by atoms with Gasteiger partial charge in [0, 0.05) is 25.4 Å². The summed E-state index contributed by atoms with van der Waals surface area (Å²) >= 11 is 0. The van der Waals surface area contributed by atoms with Crippen LogP contribution >= 0.6 is 0 Å². The molecule has 0 fully saturated rings. The van der Waals surface area contributed by atoms with Crippen molar-refractivity contribution in [3.8, 4) is 0 Å². The molecule has 1 aromatic heterocycles. The molecule has 0 bridgehead atoms. The predicted molar refractivity (Wildman–Crippen MR) is 92.9 cm³/mol. The Morgan fingerprint density at radius 1 is 1.21 bits per heavy atom. The van der Waals surface area contributed by atoms with Crippen molar-refractivity contribution in [2.45, 2.75) is 0 Å². The lowest BCUT2D eigenvalue weighted by molar-refractivity contribution is 0.0974. The molecule has 2 aliphatic heterocycles. The van der Waals surface area contributed by atoms with Gasteiger partial charge in [0.05, 0.1) is 17.8 Å². The van der Waals surface area contributed by atoms with Crippen LogP contribution in [0.5, 0.6) is 0 Å². The van der Waals surface area contributed by atoms with Crippen LogP contribution in [0.2, 0.25) is 0 Å². The summed E-state index contributed by atoms with van der Waals surface area (Å²) in [7, 11) is 1.78. The molecule has 1 aromatic carbocycles. The first kappa shape index (κ1) is 14.4. The van der Waals surface area contributed by atoms with Crippen LogP contribution < -0.4 is 10.6 Å². The number of pyridine rings is 1. The van der Waals surface area contributed by atoms with Crippen LogP contribution in [-0.2, 0) is 0 Å². The maximum atomic E-state index is 12.5. The Bertz CT molecular complexity index is 856. The SMILES string of the molecule is CNc1ccc(C(=O)NC2=Nc3ccccc3C3=NCCN23)cn1. The normalized spacial score (nSPS) is 15.1. The number of hydrogen-bond acceptors (Lipinski definition) is 6. The van der Waals surface area contributed by atoms with Gasteiger partial charge in [0.2, 0.25) is 5.96 Å². The summed E-state index contributed by atoms with van der Waals surface area (Å²) in [5, 5.41) is 5.81. The lowest BCUT2D eigenvalue weighted by atomic mass is 10.1. The van der Waals surface area contributed by atoms with E-state index in [1.807, 2.05) is 29.2 Å². The fourth-order valence-electron chi connectivity index (χ4n) is 2.76. The molecule has 2 aromatic rings. The molecule has 120 valence electrons. The standard InChI is InChI=1S/C17H16N6O/c1-18-14-7-6-11(10-20-14)16(24)22-17-21-13-5-3-2-4-12(13)15-19-8-9-23(15)17/h2-7,10H,8-9H2,1H3,(H,18,20)(H,21,22,24). The van der Waals surface area contributed by atoms with Gasteiger partial charge in [0.15, 0.2) is 0 Å². The maximum absolute atomic E-state index is 12.5. The Morgan fingerprint density at radius 2 is 2.08 bits per heavy atom. The number of para-hydroxylation sites is 1. The van der Waals surface area contributed by atoms with Crippen molar-refractivity contribution < 1.29 is 4.79 Å². The van der Waals surface area contributed by atoms with Crippen molar-refractivity contribution in [3.63, 3.8) is 0 Å².